The number of rotatable bonds is 49. The third-order valence-electron chi connectivity index (χ3n) is 11.9. The molecule has 20 heteroatoms. The number of nitrogens with one attached hydrogen (secondary N) is 3. The molecule has 5 amide bonds. The standard InChI is InChI=1S/C50H98N7O12P/c1-45(51-36-24-20-28-41-56(65)50(62)35-33-48(60)53-38-25-21-27-39-54(63)46(2)58)32-34-49(61)55(64)40-29-22-26-37-52-47(59)31-23-18-16-14-12-10-8-6-7-9-11-13-15-17-19-30-43-68-70(66,67)69-44-42-57(3,4)5/h51,63-65H,1,6-44H2,2-5H3,(H2-,52,53,59,60,66,67). The van der Waals surface area contributed by atoms with Crippen LogP contribution in [0, 0.1) is 0 Å². The fraction of sp³-hybridized carbons (Fsp3) is 0.860. The summed E-state index contributed by atoms with van der Waals surface area (Å²) in [6, 6.07) is 0. The summed E-state index contributed by atoms with van der Waals surface area (Å²) in [4.78, 5) is 71.5. The molecule has 0 saturated carbocycles. The van der Waals surface area contributed by atoms with Crippen LogP contribution < -0.4 is 20.8 Å². The molecule has 0 bridgehead atoms. The number of hydrogen-bond acceptors (Lipinski definition) is 13. The molecular formula is C50H98N7O12P. The van der Waals surface area contributed by atoms with Crippen LogP contribution in [0.4, 0.5) is 0 Å². The van der Waals surface area contributed by atoms with Gasteiger partial charge in [-0.2, -0.15) is 0 Å². The Morgan fingerprint density at radius 1 is 0.486 bits per heavy atom. The number of quaternary nitrogens is 1. The van der Waals surface area contributed by atoms with Gasteiger partial charge in [-0.1, -0.05) is 96.5 Å². The quantitative estimate of drug-likeness (QED) is 0.0112. The van der Waals surface area contributed by atoms with E-state index in [2.05, 4.69) is 22.5 Å². The number of allylic oxidation sites excluding steroid dienone is 1. The summed E-state index contributed by atoms with van der Waals surface area (Å²) >= 11 is 0. The molecule has 0 aliphatic rings. The fourth-order valence-electron chi connectivity index (χ4n) is 7.32. The Hall–Kier alpha value is -3.16. The summed E-state index contributed by atoms with van der Waals surface area (Å²) in [6.45, 7) is 8.41. The van der Waals surface area contributed by atoms with E-state index in [0.29, 0.717) is 85.0 Å². The largest absolute Gasteiger partial charge is 0.756 e. The second kappa shape index (κ2) is 43.4. The van der Waals surface area contributed by atoms with Crippen molar-refractivity contribution in [3.8, 4) is 0 Å². The number of nitrogens with zero attached hydrogens (tertiary/aromatic N) is 4. The molecule has 1 unspecified atom stereocenters. The first kappa shape index (κ1) is 66.8. The number of phosphoric acid groups is 1. The highest BCUT2D eigenvalue weighted by Crippen LogP contribution is 2.38. The first-order valence-corrected chi connectivity index (χ1v) is 28.1. The number of likely N-dealkylation sites (N-methyl/N-ethyl adjacent to an activating group) is 1. The minimum absolute atomic E-state index is 0.0282. The predicted octanol–water partition coefficient (Wildman–Crippen LogP) is 7.91. The minimum Gasteiger partial charge on any atom is -0.756 e. The van der Waals surface area contributed by atoms with E-state index in [1.165, 1.54) is 71.1 Å². The second-order valence-corrected chi connectivity index (χ2v) is 21.0. The molecule has 0 aromatic heterocycles. The smallest absolute Gasteiger partial charge is 0.268 e. The van der Waals surface area contributed by atoms with Gasteiger partial charge in [0.05, 0.1) is 27.7 Å². The van der Waals surface area contributed by atoms with Crippen LogP contribution in [-0.4, -0.2) is 145 Å². The van der Waals surface area contributed by atoms with Crippen molar-refractivity contribution in [3.63, 3.8) is 0 Å². The Kier molecular flexibility index (Phi) is 41.5. The molecule has 0 aliphatic heterocycles. The van der Waals surface area contributed by atoms with Crippen molar-refractivity contribution in [3.05, 3.63) is 12.3 Å². The Labute approximate surface area is 421 Å². The van der Waals surface area contributed by atoms with Gasteiger partial charge < -0.3 is 34.4 Å². The monoisotopic (exact) mass is 1020 g/mol. The first-order chi connectivity index (χ1) is 33.3. The molecular weight excluding hydrogens is 922 g/mol. The summed E-state index contributed by atoms with van der Waals surface area (Å²) in [7, 11) is 1.74. The van der Waals surface area contributed by atoms with E-state index in [-0.39, 0.29) is 69.8 Å². The number of hydroxylamine groups is 6. The molecule has 0 heterocycles. The molecule has 70 heavy (non-hydrogen) atoms. The van der Waals surface area contributed by atoms with Crippen molar-refractivity contribution < 1.29 is 62.6 Å². The number of carbonyl (C=O) groups is 5. The van der Waals surface area contributed by atoms with Gasteiger partial charge in [0.15, 0.2) is 0 Å². The lowest BCUT2D eigenvalue weighted by Crippen LogP contribution is -2.37. The highest BCUT2D eigenvalue weighted by Gasteiger charge is 2.15. The number of unbranched alkanes of at least 4 members (excludes halogenated alkanes) is 21. The second-order valence-electron chi connectivity index (χ2n) is 19.6. The lowest BCUT2D eigenvalue weighted by atomic mass is 10.0. The van der Waals surface area contributed by atoms with Gasteiger partial charge >= 0.3 is 0 Å². The summed E-state index contributed by atoms with van der Waals surface area (Å²) in [5, 5.41) is 40.5. The van der Waals surface area contributed by atoms with E-state index >= 15 is 0 Å². The highest BCUT2D eigenvalue weighted by molar-refractivity contribution is 7.45. The maximum absolute atomic E-state index is 12.4. The van der Waals surface area contributed by atoms with Gasteiger partial charge in [0.1, 0.15) is 13.2 Å². The van der Waals surface area contributed by atoms with Crippen molar-refractivity contribution in [2.45, 2.75) is 200 Å². The number of amides is 5. The lowest BCUT2D eigenvalue weighted by Gasteiger charge is -2.27. The molecule has 0 spiro atoms. The average molecular weight is 1020 g/mol. The van der Waals surface area contributed by atoms with Gasteiger partial charge in [-0.25, -0.2) is 15.2 Å². The molecule has 0 aromatic rings. The summed E-state index contributed by atoms with van der Waals surface area (Å²) in [6.07, 6.45) is 25.7. The summed E-state index contributed by atoms with van der Waals surface area (Å²) in [5.74, 6) is -1.52. The molecule has 0 aromatic carbocycles. The number of phosphoric ester groups is 1. The van der Waals surface area contributed by atoms with E-state index in [4.69, 9.17) is 9.05 Å². The van der Waals surface area contributed by atoms with Crippen molar-refractivity contribution in [1.29, 1.82) is 0 Å². The molecule has 0 radical (unpaired) electrons. The van der Waals surface area contributed by atoms with E-state index in [9.17, 15) is 49.1 Å². The molecule has 410 valence electrons. The first-order valence-electron chi connectivity index (χ1n) is 26.6. The van der Waals surface area contributed by atoms with Gasteiger partial charge in [-0.15, -0.1) is 0 Å². The Morgan fingerprint density at radius 3 is 1.29 bits per heavy atom. The normalized spacial score (nSPS) is 12.3. The van der Waals surface area contributed by atoms with E-state index in [1.807, 2.05) is 21.1 Å². The van der Waals surface area contributed by atoms with E-state index in [1.54, 1.807) is 0 Å². The van der Waals surface area contributed by atoms with Crippen LogP contribution in [-0.2, 0) is 37.6 Å². The maximum atomic E-state index is 12.4. The van der Waals surface area contributed by atoms with E-state index < -0.39 is 19.6 Å². The van der Waals surface area contributed by atoms with Gasteiger partial charge in [0, 0.05) is 77.6 Å². The van der Waals surface area contributed by atoms with Gasteiger partial charge in [-0.3, -0.25) is 44.2 Å². The lowest BCUT2D eigenvalue weighted by molar-refractivity contribution is -0.870. The Balaban J connectivity index is 3.60. The molecule has 0 saturated heterocycles. The zero-order chi connectivity index (χ0) is 52.3. The van der Waals surface area contributed by atoms with Crippen LogP contribution in [0.15, 0.2) is 12.3 Å². The van der Waals surface area contributed by atoms with Gasteiger partial charge in [-0.05, 0) is 77.0 Å². The molecule has 0 aliphatic carbocycles. The molecule has 6 N–H and O–H groups in total. The Morgan fingerprint density at radius 2 is 0.843 bits per heavy atom. The molecule has 0 fully saturated rings. The number of hydrogen-bond donors (Lipinski definition) is 6. The van der Waals surface area contributed by atoms with Crippen molar-refractivity contribution in [2.24, 2.45) is 0 Å². The summed E-state index contributed by atoms with van der Waals surface area (Å²) in [5.41, 5.74) is 0.686. The van der Waals surface area contributed by atoms with Crippen LogP contribution in [0.2, 0.25) is 0 Å². The third-order valence-corrected chi connectivity index (χ3v) is 12.9. The van der Waals surface area contributed by atoms with Crippen LogP contribution in [0.5, 0.6) is 0 Å². The SMILES string of the molecule is C=C(CCC(=O)N(O)CCCCCNC(=O)CCCCCCCCCCCCCCCCCCOP(=O)([O-])OCC[N+](C)(C)C)NCCCCCN(O)C(=O)CCC(=O)NCCCCCN(O)C(C)=O. The zero-order valence-electron chi connectivity index (χ0n) is 44.0. The average Bonchev–Trinajstić information content (AvgIpc) is 3.30. The zero-order valence-corrected chi connectivity index (χ0v) is 44.9. The van der Waals surface area contributed by atoms with Crippen LogP contribution in [0.3, 0.4) is 0 Å². The maximum Gasteiger partial charge on any atom is 0.268 e. The van der Waals surface area contributed by atoms with Gasteiger partial charge in [0.25, 0.3) is 7.82 Å². The van der Waals surface area contributed by atoms with Crippen molar-refractivity contribution in [1.82, 2.24) is 31.1 Å². The molecule has 1 atom stereocenters. The molecule has 19 nitrogen and oxygen atoms in total. The third kappa shape index (κ3) is 44.8. The van der Waals surface area contributed by atoms with Crippen LogP contribution in [0.25, 0.3) is 0 Å². The predicted molar refractivity (Wildman–Crippen MR) is 270 cm³/mol. The Bertz CT molecular complexity index is 1450. The highest BCUT2D eigenvalue weighted by atomic mass is 31.2. The van der Waals surface area contributed by atoms with E-state index in [0.717, 1.165) is 75.7 Å². The fourth-order valence-corrected chi connectivity index (χ4v) is 8.05. The number of carbonyl (C=O) groups excluding carboxylic acids is 5. The van der Waals surface area contributed by atoms with Crippen molar-refractivity contribution >= 4 is 37.4 Å². The topological polar surface area (TPSA) is 250 Å². The van der Waals surface area contributed by atoms with Crippen LogP contribution >= 0.6 is 7.82 Å². The van der Waals surface area contributed by atoms with Crippen LogP contribution in [0.1, 0.15) is 200 Å². The molecule has 0 rings (SSSR count). The van der Waals surface area contributed by atoms with Crippen molar-refractivity contribution in [2.75, 3.05) is 80.2 Å². The van der Waals surface area contributed by atoms with Gasteiger partial charge in [0.2, 0.25) is 29.5 Å². The minimum atomic E-state index is -4.20. The summed E-state index contributed by atoms with van der Waals surface area (Å²) < 4.78 is 22.3.